The zero-order chi connectivity index (χ0) is 19.2. The van der Waals surface area contributed by atoms with Gasteiger partial charge in [-0.05, 0) is 51.3 Å². The van der Waals surface area contributed by atoms with Gasteiger partial charge in [0.1, 0.15) is 6.73 Å². The molecule has 1 aliphatic heterocycles. The first-order valence-electron chi connectivity index (χ1n) is 9.37. The summed E-state index contributed by atoms with van der Waals surface area (Å²) in [6.07, 6.45) is 1.84. The Labute approximate surface area is 158 Å². The average molecular weight is 374 g/mol. The van der Waals surface area contributed by atoms with Gasteiger partial charge in [0, 0.05) is 14.7 Å². The number of nitrogens with zero attached hydrogens (tertiary/aromatic N) is 2. The van der Waals surface area contributed by atoms with Crippen molar-refractivity contribution in [2.45, 2.75) is 71.3 Å². The smallest absolute Gasteiger partial charge is 0.399 e. The molecule has 1 fully saturated rings. The third kappa shape index (κ3) is 4.06. The number of hydrogen-bond donors (Lipinski definition) is 0. The Bertz CT molecular complexity index is 767. The van der Waals surface area contributed by atoms with Crippen molar-refractivity contribution in [3.05, 3.63) is 24.5 Å². The zero-order valence-electron chi connectivity index (χ0n) is 17.1. The Morgan fingerprint density at radius 3 is 2.38 bits per heavy atom. The molecule has 0 aliphatic carbocycles. The van der Waals surface area contributed by atoms with Gasteiger partial charge >= 0.3 is 7.12 Å². The number of benzene rings is 1. The Morgan fingerprint density at radius 1 is 1.12 bits per heavy atom. The van der Waals surface area contributed by atoms with Gasteiger partial charge in [0.2, 0.25) is 0 Å². The van der Waals surface area contributed by atoms with Gasteiger partial charge in [-0.1, -0.05) is 25.7 Å². The number of hydrogen-bond acceptors (Lipinski definition) is 4. The highest BCUT2D eigenvalue weighted by Crippen LogP contribution is 2.36. The molecule has 0 spiro atoms. The first-order chi connectivity index (χ1) is 12.0. The predicted molar refractivity (Wildman–Crippen MR) is 110 cm³/mol. The molecule has 7 heteroatoms. The van der Waals surface area contributed by atoms with Crippen LogP contribution in [0.5, 0.6) is 0 Å². The predicted octanol–water partition coefficient (Wildman–Crippen LogP) is 3.65. The van der Waals surface area contributed by atoms with Gasteiger partial charge in [-0.15, -0.1) is 0 Å². The van der Waals surface area contributed by atoms with Crippen LogP contribution in [-0.4, -0.2) is 42.6 Å². The molecule has 5 nitrogen and oxygen atoms in total. The molecular formula is C19H31BN2O3Si. The fraction of sp³-hybridized carbons (Fsp3) is 0.632. The molecular weight excluding hydrogens is 343 g/mol. The van der Waals surface area contributed by atoms with E-state index in [0.717, 1.165) is 23.1 Å². The summed E-state index contributed by atoms with van der Waals surface area (Å²) in [6.45, 7) is 16.7. The van der Waals surface area contributed by atoms with E-state index in [1.165, 1.54) is 6.04 Å². The topological polar surface area (TPSA) is 45.5 Å². The summed E-state index contributed by atoms with van der Waals surface area (Å²) in [4.78, 5) is 4.53. The fourth-order valence-electron chi connectivity index (χ4n) is 2.85. The van der Waals surface area contributed by atoms with Gasteiger partial charge < -0.3 is 18.6 Å². The van der Waals surface area contributed by atoms with E-state index in [1.54, 1.807) is 0 Å². The number of imidazole rings is 1. The minimum atomic E-state index is -1.06. The van der Waals surface area contributed by atoms with E-state index in [-0.39, 0.29) is 18.3 Å². The Hall–Kier alpha value is -1.15. The normalized spacial score (nSPS) is 19.4. The monoisotopic (exact) mass is 374 g/mol. The highest BCUT2D eigenvalue weighted by Gasteiger charge is 2.51. The van der Waals surface area contributed by atoms with E-state index in [9.17, 15) is 0 Å². The van der Waals surface area contributed by atoms with Crippen molar-refractivity contribution < 1.29 is 14.0 Å². The van der Waals surface area contributed by atoms with Crippen LogP contribution in [0.25, 0.3) is 11.0 Å². The summed E-state index contributed by atoms with van der Waals surface area (Å²) in [5, 5.41) is 0. The SMILES string of the molecule is CC1(C)OB(c2ccc3c(c2)ncn3COCC[Si](C)(C)C)OC1(C)C. The van der Waals surface area contributed by atoms with Crippen LogP contribution in [0.3, 0.4) is 0 Å². The van der Waals surface area contributed by atoms with Crippen molar-refractivity contribution >= 4 is 31.7 Å². The highest BCUT2D eigenvalue weighted by molar-refractivity contribution is 6.76. The number of fused-ring (bicyclic) bond motifs is 1. The van der Waals surface area contributed by atoms with E-state index in [1.807, 2.05) is 10.9 Å². The summed E-state index contributed by atoms with van der Waals surface area (Å²) in [5.74, 6) is 0. The summed E-state index contributed by atoms with van der Waals surface area (Å²) in [6, 6.07) is 7.36. The second-order valence-electron chi connectivity index (χ2n) is 9.40. The largest absolute Gasteiger partial charge is 0.494 e. The fourth-order valence-corrected chi connectivity index (χ4v) is 3.61. The Kier molecular flexibility index (Phi) is 5.12. The molecule has 1 aromatic heterocycles. The molecule has 0 radical (unpaired) electrons. The second-order valence-corrected chi connectivity index (χ2v) is 15.0. The van der Waals surface area contributed by atoms with Crippen molar-refractivity contribution in [2.24, 2.45) is 0 Å². The molecule has 0 saturated carbocycles. The van der Waals surface area contributed by atoms with E-state index < -0.39 is 8.07 Å². The number of rotatable bonds is 6. The molecule has 0 atom stereocenters. The van der Waals surface area contributed by atoms with Crippen LogP contribution in [0.4, 0.5) is 0 Å². The molecule has 142 valence electrons. The quantitative estimate of drug-likeness (QED) is 0.572. The van der Waals surface area contributed by atoms with Crippen LogP contribution in [0.15, 0.2) is 24.5 Å². The molecule has 2 aromatic rings. The standard InChI is InChI=1S/C19H31BN2O3Si/c1-18(2)19(3,4)25-20(24-18)15-8-9-17-16(12-15)21-13-22(17)14-23-10-11-26(5,6)7/h8-9,12-13H,10-11,14H2,1-7H3. The molecule has 3 rings (SSSR count). The van der Waals surface area contributed by atoms with Crippen molar-refractivity contribution in [3.63, 3.8) is 0 Å². The molecule has 0 unspecified atom stereocenters. The molecule has 2 heterocycles. The molecule has 1 aliphatic rings. The maximum Gasteiger partial charge on any atom is 0.494 e. The van der Waals surface area contributed by atoms with Gasteiger partial charge in [-0.2, -0.15) is 0 Å². The van der Waals surface area contributed by atoms with E-state index >= 15 is 0 Å². The van der Waals surface area contributed by atoms with Gasteiger partial charge in [0.15, 0.2) is 0 Å². The lowest BCUT2D eigenvalue weighted by Gasteiger charge is -2.32. The molecule has 26 heavy (non-hydrogen) atoms. The van der Waals surface area contributed by atoms with E-state index in [0.29, 0.717) is 6.73 Å². The summed E-state index contributed by atoms with van der Waals surface area (Å²) in [5.41, 5.74) is 2.33. The third-order valence-electron chi connectivity index (χ3n) is 5.40. The lowest BCUT2D eigenvalue weighted by Crippen LogP contribution is -2.41. The first-order valence-corrected chi connectivity index (χ1v) is 13.1. The van der Waals surface area contributed by atoms with Gasteiger partial charge in [-0.3, -0.25) is 0 Å². The maximum absolute atomic E-state index is 6.14. The van der Waals surface area contributed by atoms with E-state index in [4.69, 9.17) is 14.0 Å². The van der Waals surface area contributed by atoms with Crippen molar-refractivity contribution in [1.82, 2.24) is 9.55 Å². The lowest BCUT2D eigenvalue weighted by atomic mass is 9.79. The maximum atomic E-state index is 6.14. The van der Waals surface area contributed by atoms with Crippen LogP contribution in [0.2, 0.25) is 25.7 Å². The molecule has 0 N–H and O–H groups in total. The minimum absolute atomic E-state index is 0.337. The van der Waals surface area contributed by atoms with Gasteiger partial charge in [-0.25, -0.2) is 4.98 Å². The minimum Gasteiger partial charge on any atom is -0.399 e. The number of aromatic nitrogens is 2. The average Bonchev–Trinajstić information content (AvgIpc) is 3.00. The second kappa shape index (κ2) is 6.78. The molecule has 0 amide bonds. The van der Waals surface area contributed by atoms with Crippen molar-refractivity contribution in [3.8, 4) is 0 Å². The Balaban J connectivity index is 1.70. The van der Waals surface area contributed by atoms with Crippen LogP contribution in [0, 0.1) is 0 Å². The first kappa shape index (κ1) is 19.6. The van der Waals surface area contributed by atoms with Crippen LogP contribution in [0.1, 0.15) is 27.7 Å². The van der Waals surface area contributed by atoms with Gasteiger partial charge in [0.25, 0.3) is 0 Å². The molecule has 1 aromatic carbocycles. The third-order valence-corrected chi connectivity index (χ3v) is 7.10. The lowest BCUT2D eigenvalue weighted by molar-refractivity contribution is 0.00578. The molecule has 1 saturated heterocycles. The van der Waals surface area contributed by atoms with Crippen molar-refractivity contribution in [2.75, 3.05) is 6.61 Å². The van der Waals surface area contributed by atoms with Crippen LogP contribution >= 0.6 is 0 Å². The van der Waals surface area contributed by atoms with Crippen molar-refractivity contribution in [1.29, 1.82) is 0 Å². The van der Waals surface area contributed by atoms with Crippen LogP contribution < -0.4 is 5.46 Å². The highest BCUT2D eigenvalue weighted by atomic mass is 28.3. The van der Waals surface area contributed by atoms with E-state index in [2.05, 4.69) is 70.5 Å². The van der Waals surface area contributed by atoms with Gasteiger partial charge in [0.05, 0.1) is 28.6 Å². The summed E-state index contributed by atoms with van der Waals surface area (Å²) < 4.78 is 20.2. The van der Waals surface area contributed by atoms with Crippen LogP contribution in [-0.2, 0) is 20.8 Å². The molecule has 0 bridgehead atoms. The Morgan fingerprint density at radius 2 is 1.77 bits per heavy atom. The summed E-state index contributed by atoms with van der Waals surface area (Å²) in [7, 11) is -1.42. The summed E-state index contributed by atoms with van der Waals surface area (Å²) >= 11 is 0. The zero-order valence-corrected chi connectivity index (χ0v) is 18.1. The number of ether oxygens (including phenoxy) is 1.